The van der Waals surface area contributed by atoms with E-state index in [9.17, 15) is 4.79 Å². The second-order valence-corrected chi connectivity index (χ2v) is 8.47. The Balaban J connectivity index is 1.47. The predicted octanol–water partition coefficient (Wildman–Crippen LogP) is 3.44. The van der Waals surface area contributed by atoms with Crippen molar-refractivity contribution in [3.63, 3.8) is 0 Å². The summed E-state index contributed by atoms with van der Waals surface area (Å²) < 4.78 is 6.98. The molecule has 8 nitrogen and oxygen atoms in total. The van der Waals surface area contributed by atoms with Gasteiger partial charge in [-0.15, -0.1) is 0 Å². The van der Waals surface area contributed by atoms with Crippen molar-refractivity contribution in [2.24, 2.45) is 0 Å². The number of rotatable bonds is 3. The second kappa shape index (κ2) is 7.85. The number of anilines is 2. The number of carbonyl (C=O) groups is 1. The number of fused-ring (bicyclic) bond motifs is 1. The largest absolute Gasteiger partial charge is 0.497 e. The number of nitrogens with zero attached hydrogens (tertiary/aromatic N) is 5. The van der Waals surface area contributed by atoms with Gasteiger partial charge in [0.2, 0.25) is 0 Å². The molecule has 3 aromatic rings. The standard InChI is InChI=1S/C22H28N6O2/c1-22(2,3)25-19-20(24-9-8-23-19)26-11-13-27(14-12-26)21(29)28-10-7-16-15-17(30-4)5-6-18(16)28/h5-10,15H,11-14H2,1-4H3,(H,23,25). The van der Waals surface area contributed by atoms with Crippen LogP contribution in [-0.4, -0.2) is 64.3 Å². The molecule has 0 radical (unpaired) electrons. The van der Waals surface area contributed by atoms with E-state index in [0.717, 1.165) is 28.3 Å². The molecule has 3 heterocycles. The van der Waals surface area contributed by atoms with E-state index in [0.29, 0.717) is 26.2 Å². The third-order valence-corrected chi connectivity index (χ3v) is 5.13. The molecule has 30 heavy (non-hydrogen) atoms. The van der Waals surface area contributed by atoms with Crippen LogP contribution in [0.2, 0.25) is 0 Å². The van der Waals surface area contributed by atoms with Crippen LogP contribution >= 0.6 is 0 Å². The highest BCUT2D eigenvalue weighted by atomic mass is 16.5. The van der Waals surface area contributed by atoms with Crippen LogP contribution in [0.3, 0.4) is 0 Å². The minimum Gasteiger partial charge on any atom is -0.497 e. The first-order chi connectivity index (χ1) is 14.4. The SMILES string of the molecule is COc1ccc2c(ccn2C(=O)N2CCN(c3nccnc3NC(C)(C)C)CC2)c1. The topological polar surface area (TPSA) is 75.5 Å². The van der Waals surface area contributed by atoms with E-state index in [1.54, 1.807) is 24.1 Å². The maximum absolute atomic E-state index is 13.1. The Morgan fingerprint density at radius 3 is 2.50 bits per heavy atom. The van der Waals surface area contributed by atoms with Crippen molar-refractivity contribution in [1.29, 1.82) is 0 Å². The molecule has 0 unspecified atom stereocenters. The highest BCUT2D eigenvalue weighted by molar-refractivity contribution is 5.92. The number of aromatic nitrogens is 3. The van der Waals surface area contributed by atoms with Crippen LogP contribution in [0.25, 0.3) is 10.9 Å². The van der Waals surface area contributed by atoms with Gasteiger partial charge >= 0.3 is 6.03 Å². The molecule has 4 rings (SSSR count). The van der Waals surface area contributed by atoms with Crippen molar-refractivity contribution in [2.75, 3.05) is 43.5 Å². The Morgan fingerprint density at radius 1 is 1.07 bits per heavy atom. The molecule has 1 saturated heterocycles. The minimum atomic E-state index is -0.110. The van der Waals surface area contributed by atoms with Crippen LogP contribution in [0.4, 0.5) is 16.4 Å². The molecule has 0 spiro atoms. The van der Waals surface area contributed by atoms with Crippen LogP contribution in [0.1, 0.15) is 20.8 Å². The van der Waals surface area contributed by atoms with Gasteiger partial charge in [0.25, 0.3) is 0 Å². The maximum Gasteiger partial charge on any atom is 0.328 e. The summed E-state index contributed by atoms with van der Waals surface area (Å²) in [7, 11) is 1.64. The summed E-state index contributed by atoms with van der Waals surface area (Å²) in [5, 5.41) is 4.41. The monoisotopic (exact) mass is 408 g/mol. The fourth-order valence-corrected chi connectivity index (χ4v) is 3.68. The summed E-state index contributed by atoms with van der Waals surface area (Å²) in [6, 6.07) is 7.67. The summed E-state index contributed by atoms with van der Waals surface area (Å²) >= 11 is 0. The van der Waals surface area contributed by atoms with Gasteiger partial charge in [0.15, 0.2) is 11.6 Å². The molecule has 1 aliphatic rings. The van der Waals surface area contributed by atoms with Crippen molar-refractivity contribution >= 4 is 28.6 Å². The number of nitrogens with one attached hydrogen (secondary N) is 1. The number of benzene rings is 1. The Labute approximate surface area is 176 Å². The van der Waals surface area contributed by atoms with E-state index in [1.165, 1.54) is 0 Å². The van der Waals surface area contributed by atoms with Gasteiger partial charge in [-0.25, -0.2) is 14.8 Å². The molecular formula is C22H28N6O2. The number of methoxy groups -OCH3 is 1. The van der Waals surface area contributed by atoms with Gasteiger partial charge < -0.3 is 19.9 Å². The van der Waals surface area contributed by atoms with E-state index in [-0.39, 0.29) is 11.6 Å². The third kappa shape index (κ3) is 4.03. The first-order valence-electron chi connectivity index (χ1n) is 10.1. The van der Waals surface area contributed by atoms with E-state index in [2.05, 4.69) is 41.0 Å². The molecule has 0 saturated carbocycles. The molecule has 158 valence electrons. The van der Waals surface area contributed by atoms with Crippen molar-refractivity contribution in [2.45, 2.75) is 26.3 Å². The average molecular weight is 409 g/mol. The fraction of sp³-hybridized carbons (Fsp3) is 0.409. The first-order valence-corrected chi connectivity index (χ1v) is 10.1. The van der Waals surface area contributed by atoms with Gasteiger partial charge in [-0.3, -0.25) is 4.57 Å². The van der Waals surface area contributed by atoms with Gasteiger partial charge in [-0.05, 0) is 45.0 Å². The summed E-state index contributed by atoms with van der Waals surface area (Å²) in [6.45, 7) is 8.95. The molecule has 1 N–H and O–H groups in total. The lowest BCUT2D eigenvalue weighted by Crippen LogP contribution is -2.50. The van der Waals surface area contributed by atoms with Gasteiger partial charge in [0, 0.05) is 55.7 Å². The first kappa shape index (κ1) is 20.0. The predicted molar refractivity (Wildman–Crippen MR) is 118 cm³/mol. The van der Waals surface area contributed by atoms with Crippen LogP contribution in [0, 0.1) is 0 Å². The zero-order valence-electron chi connectivity index (χ0n) is 17.9. The molecule has 1 amide bonds. The quantitative estimate of drug-likeness (QED) is 0.716. The molecular weight excluding hydrogens is 380 g/mol. The summed E-state index contributed by atoms with van der Waals surface area (Å²) in [5.74, 6) is 2.39. The van der Waals surface area contributed by atoms with Gasteiger partial charge in [0.05, 0.1) is 12.6 Å². The van der Waals surface area contributed by atoms with Gasteiger partial charge in [-0.2, -0.15) is 0 Å². The van der Waals surface area contributed by atoms with E-state index < -0.39 is 0 Å². The molecule has 0 bridgehead atoms. The molecule has 0 aliphatic carbocycles. The number of amides is 1. The second-order valence-electron chi connectivity index (χ2n) is 8.47. The molecule has 1 aliphatic heterocycles. The summed E-state index contributed by atoms with van der Waals surface area (Å²) in [4.78, 5) is 26.2. The fourth-order valence-electron chi connectivity index (χ4n) is 3.68. The zero-order valence-corrected chi connectivity index (χ0v) is 17.9. The number of hydrogen-bond donors (Lipinski definition) is 1. The summed E-state index contributed by atoms with van der Waals surface area (Å²) in [5.41, 5.74) is 0.773. The van der Waals surface area contributed by atoms with Crippen molar-refractivity contribution in [3.8, 4) is 5.75 Å². The van der Waals surface area contributed by atoms with Crippen molar-refractivity contribution in [1.82, 2.24) is 19.4 Å². The minimum absolute atomic E-state index is 0.0120. The molecule has 0 atom stereocenters. The number of hydrogen-bond acceptors (Lipinski definition) is 6. The van der Waals surface area contributed by atoms with Crippen molar-refractivity contribution < 1.29 is 9.53 Å². The number of piperazine rings is 1. The third-order valence-electron chi connectivity index (χ3n) is 5.13. The highest BCUT2D eigenvalue weighted by Crippen LogP contribution is 2.26. The van der Waals surface area contributed by atoms with Crippen LogP contribution < -0.4 is 15.0 Å². The smallest absolute Gasteiger partial charge is 0.328 e. The van der Waals surface area contributed by atoms with Gasteiger partial charge in [0.1, 0.15) is 5.75 Å². The van der Waals surface area contributed by atoms with E-state index >= 15 is 0 Å². The Bertz CT molecular complexity index is 1050. The van der Waals surface area contributed by atoms with Crippen LogP contribution in [-0.2, 0) is 0 Å². The summed E-state index contributed by atoms with van der Waals surface area (Å²) in [6.07, 6.45) is 5.23. The maximum atomic E-state index is 13.1. The van der Waals surface area contributed by atoms with Crippen LogP contribution in [0.5, 0.6) is 5.75 Å². The lowest BCUT2D eigenvalue weighted by Gasteiger charge is -2.36. The molecule has 8 heteroatoms. The lowest BCUT2D eigenvalue weighted by molar-refractivity contribution is 0.197. The molecule has 2 aromatic heterocycles. The normalized spacial score (nSPS) is 14.8. The molecule has 1 aromatic carbocycles. The Kier molecular flexibility index (Phi) is 5.24. The lowest BCUT2D eigenvalue weighted by atomic mass is 10.1. The number of ether oxygens (including phenoxy) is 1. The number of carbonyl (C=O) groups excluding carboxylic acids is 1. The Hall–Kier alpha value is -3.29. The van der Waals surface area contributed by atoms with Crippen LogP contribution in [0.15, 0.2) is 42.9 Å². The average Bonchev–Trinajstić information content (AvgIpc) is 3.16. The zero-order chi connectivity index (χ0) is 21.3. The Morgan fingerprint density at radius 2 is 1.80 bits per heavy atom. The van der Waals surface area contributed by atoms with E-state index in [1.807, 2.05) is 35.4 Å². The van der Waals surface area contributed by atoms with Gasteiger partial charge in [-0.1, -0.05) is 0 Å². The molecule has 1 fully saturated rings. The highest BCUT2D eigenvalue weighted by Gasteiger charge is 2.26. The van der Waals surface area contributed by atoms with E-state index in [4.69, 9.17) is 4.74 Å². The van der Waals surface area contributed by atoms with Crippen molar-refractivity contribution in [3.05, 3.63) is 42.9 Å².